The van der Waals surface area contributed by atoms with Gasteiger partial charge in [-0.05, 0) is 49.6 Å². The first-order valence-electron chi connectivity index (χ1n) is 9.86. The van der Waals surface area contributed by atoms with Crippen LogP contribution in [-0.4, -0.2) is 38.1 Å². The maximum atomic E-state index is 5.57. The third kappa shape index (κ3) is 3.68. The van der Waals surface area contributed by atoms with E-state index in [1.807, 2.05) is 36.4 Å². The summed E-state index contributed by atoms with van der Waals surface area (Å²) in [6.07, 6.45) is 5.20. The van der Waals surface area contributed by atoms with Crippen molar-refractivity contribution >= 4 is 11.0 Å². The van der Waals surface area contributed by atoms with Crippen LogP contribution in [0.5, 0.6) is 0 Å². The molecular weight excluding hydrogens is 350 g/mol. The van der Waals surface area contributed by atoms with E-state index in [1.165, 1.54) is 12.8 Å². The lowest BCUT2D eigenvalue weighted by atomic mass is 9.94. The second-order valence-corrected chi connectivity index (χ2v) is 7.54. The van der Waals surface area contributed by atoms with Gasteiger partial charge in [0.2, 0.25) is 0 Å². The lowest BCUT2D eigenvalue weighted by molar-refractivity contribution is 0.151. The maximum Gasteiger partial charge on any atom is 0.151 e. The zero-order valence-electron chi connectivity index (χ0n) is 15.7. The van der Waals surface area contributed by atoms with Gasteiger partial charge in [0, 0.05) is 25.2 Å². The number of hydrogen-bond donors (Lipinski definition) is 1. The second-order valence-electron chi connectivity index (χ2n) is 7.54. The van der Waals surface area contributed by atoms with Crippen LogP contribution in [0.2, 0.25) is 0 Å². The van der Waals surface area contributed by atoms with Crippen LogP contribution in [0.25, 0.3) is 22.4 Å². The molecule has 0 saturated carbocycles. The van der Waals surface area contributed by atoms with Gasteiger partial charge >= 0.3 is 0 Å². The third-order valence-electron chi connectivity index (χ3n) is 5.39. The van der Waals surface area contributed by atoms with Crippen LogP contribution in [0.4, 0.5) is 0 Å². The topological polar surface area (TPSA) is 70.8 Å². The van der Waals surface area contributed by atoms with E-state index < -0.39 is 0 Å². The normalized spacial score (nSPS) is 17.9. The Balaban J connectivity index is 1.23. The number of para-hydroxylation sites is 2. The number of nitrogens with zero attached hydrogens (tertiary/aromatic N) is 4. The van der Waals surface area contributed by atoms with Crippen molar-refractivity contribution in [3.8, 4) is 11.4 Å². The van der Waals surface area contributed by atoms with E-state index in [1.54, 1.807) is 6.20 Å². The summed E-state index contributed by atoms with van der Waals surface area (Å²) in [7, 11) is 0. The van der Waals surface area contributed by atoms with Gasteiger partial charge in [0.25, 0.3) is 0 Å². The highest BCUT2D eigenvalue weighted by molar-refractivity contribution is 5.74. The van der Waals surface area contributed by atoms with Crippen molar-refractivity contribution in [3.05, 3.63) is 66.3 Å². The molecule has 1 unspecified atom stereocenters. The number of nitrogens with one attached hydrogen (secondary N) is 1. The van der Waals surface area contributed by atoms with Crippen molar-refractivity contribution in [2.45, 2.75) is 25.8 Å². The monoisotopic (exact) mass is 373 g/mol. The SMILES string of the molecule is c1ccc(-c2cc(CN3CCCC(Cc4nc5ccccc5[nH]4)C3)on2)nc1. The van der Waals surface area contributed by atoms with E-state index >= 15 is 0 Å². The molecule has 0 aliphatic carbocycles. The second kappa shape index (κ2) is 7.56. The summed E-state index contributed by atoms with van der Waals surface area (Å²) in [6.45, 7) is 2.93. The highest BCUT2D eigenvalue weighted by Gasteiger charge is 2.22. The van der Waals surface area contributed by atoms with Crippen molar-refractivity contribution < 1.29 is 4.52 Å². The van der Waals surface area contributed by atoms with Gasteiger partial charge in [0.05, 0.1) is 23.3 Å². The Morgan fingerprint density at radius 1 is 1.11 bits per heavy atom. The van der Waals surface area contributed by atoms with E-state index in [9.17, 15) is 0 Å². The number of piperidine rings is 1. The largest absolute Gasteiger partial charge is 0.359 e. The van der Waals surface area contributed by atoms with Gasteiger partial charge in [-0.2, -0.15) is 0 Å². The summed E-state index contributed by atoms with van der Waals surface area (Å²) in [4.78, 5) is 15.0. The van der Waals surface area contributed by atoms with Crippen molar-refractivity contribution in [3.63, 3.8) is 0 Å². The fourth-order valence-electron chi connectivity index (χ4n) is 4.08. The van der Waals surface area contributed by atoms with E-state index in [4.69, 9.17) is 9.51 Å². The lowest BCUT2D eigenvalue weighted by Gasteiger charge is -2.31. The number of aromatic nitrogens is 4. The molecular formula is C22H23N5O. The van der Waals surface area contributed by atoms with Crippen molar-refractivity contribution in [2.24, 2.45) is 5.92 Å². The predicted molar refractivity (Wildman–Crippen MR) is 108 cm³/mol. The Morgan fingerprint density at radius 3 is 2.93 bits per heavy atom. The fourth-order valence-corrected chi connectivity index (χ4v) is 4.08. The number of rotatable bonds is 5. The first-order valence-corrected chi connectivity index (χ1v) is 9.86. The first-order chi connectivity index (χ1) is 13.8. The number of aromatic amines is 1. The van der Waals surface area contributed by atoms with Gasteiger partial charge in [-0.1, -0.05) is 23.4 Å². The molecule has 4 aromatic rings. The van der Waals surface area contributed by atoms with E-state index in [0.29, 0.717) is 5.92 Å². The molecule has 1 N–H and O–H groups in total. The number of pyridine rings is 1. The van der Waals surface area contributed by atoms with Crippen LogP contribution >= 0.6 is 0 Å². The third-order valence-corrected chi connectivity index (χ3v) is 5.39. The highest BCUT2D eigenvalue weighted by atomic mass is 16.5. The van der Waals surface area contributed by atoms with Crippen molar-refractivity contribution in [1.29, 1.82) is 0 Å². The molecule has 1 atom stereocenters. The molecule has 1 fully saturated rings. The van der Waals surface area contributed by atoms with E-state index in [0.717, 1.165) is 60.1 Å². The molecule has 5 rings (SSSR count). The molecule has 0 spiro atoms. The summed E-state index contributed by atoms with van der Waals surface area (Å²) in [5, 5.41) is 4.18. The number of fused-ring (bicyclic) bond motifs is 1. The Hall–Kier alpha value is -2.99. The Bertz CT molecular complexity index is 1020. The molecule has 6 nitrogen and oxygen atoms in total. The fraction of sp³-hybridized carbons (Fsp3) is 0.318. The van der Waals surface area contributed by atoms with Crippen molar-refractivity contribution in [2.75, 3.05) is 13.1 Å². The molecule has 6 heteroatoms. The molecule has 1 saturated heterocycles. The zero-order chi connectivity index (χ0) is 18.8. The average Bonchev–Trinajstić information content (AvgIpc) is 3.35. The molecule has 0 bridgehead atoms. The van der Waals surface area contributed by atoms with E-state index in [2.05, 4.69) is 32.2 Å². The van der Waals surface area contributed by atoms with Gasteiger partial charge in [0.15, 0.2) is 5.76 Å². The standard InChI is InChI=1S/C22H23N5O/c1-2-9-20-19(8-1)24-22(25-20)12-16-6-5-11-27(14-16)15-17-13-21(26-28-17)18-7-3-4-10-23-18/h1-4,7-10,13,16H,5-6,11-12,14-15H2,(H,24,25). The number of benzene rings is 1. The summed E-state index contributed by atoms with van der Waals surface area (Å²) < 4.78 is 5.57. The summed E-state index contributed by atoms with van der Waals surface area (Å²) in [6, 6.07) is 16.0. The van der Waals surface area contributed by atoms with Gasteiger partial charge in [-0.3, -0.25) is 9.88 Å². The Labute approximate surface area is 163 Å². The minimum Gasteiger partial charge on any atom is -0.359 e. The molecule has 1 aliphatic rings. The number of likely N-dealkylation sites (tertiary alicyclic amines) is 1. The van der Waals surface area contributed by atoms with Gasteiger partial charge in [-0.25, -0.2) is 4.98 Å². The summed E-state index contributed by atoms with van der Waals surface area (Å²) in [5.74, 6) is 2.59. The smallest absolute Gasteiger partial charge is 0.151 e. The van der Waals surface area contributed by atoms with Crippen LogP contribution in [0.3, 0.4) is 0 Å². The predicted octanol–water partition coefficient (Wildman–Crippen LogP) is 4.07. The number of imidazole rings is 1. The minimum absolute atomic E-state index is 0.604. The molecule has 1 aromatic carbocycles. The van der Waals surface area contributed by atoms with Gasteiger partial charge in [0.1, 0.15) is 11.5 Å². The summed E-state index contributed by atoms with van der Waals surface area (Å²) in [5.41, 5.74) is 3.81. The van der Waals surface area contributed by atoms with Gasteiger partial charge < -0.3 is 9.51 Å². The Kier molecular flexibility index (Phi) is 4.62. The van der Waals surface area contributed by atoms with Crippen molar-refractivity contribution in [1.82, 2.24) is 25.0 Å². The van der Waals surface area contributed by atoms with Crippen LogP contribution in [0, 0.1) is 5.92 Å². The molecule has 28 heavy (non-hydrogen) atoms. The zero-order valence-corrected chi connectivity index (χ0v) is 15.7. The number of H-pyrrole nitrogens is 1. The van der Waals surface area contributed by atoms with Crippen LogP contribution < -0.4 is 0 Å². The highest BCUT2D eigenvalue weighted by Crippen LogP contribution is 2.24. The quantitative estimate of drug-likeness (QED) is 0.571. The molecule has 142 valence electrons. The molecule has 0 radical (unpaired) electrons. The number of hydrogen-bond acceptors (Lipinski definition) is 5. The lowest BCUT2D eigenvalue weighted by Crippen LogP contribution is -2.35. The summed E-state index contributed by atoms with van der Waals surface area (Å²) >= 11 is 0. The maximum absolute atomic E-state index is 5.57. The van der Waals surface area contributed by atoms with E-state index in [-0.39, 0.29) is 0 Å². The van der Waals surface area contributed by atoms with Crippen LogP contribution in [0.15, 0.2) is 59.3 Å². The van der Waals surface area contributed by atoms with Crippen LogP contribution in [0.1, 0.15) is 24.4 Å². The minimum atomic E-state index is 0.604. The average molecular weight is 373 g/mol. The Morgan fingerprint density at radius 2 is 2.04 bits per heavy atom. The molecule has 4 heterocycles. The van der Waals surface area contributed by atoms with Crippen LogP contribution in [-0.2, 0) is 13.0 Å². The molecule has 1 aliphatic heterocycles. The first kappa shape index (κ1) is 17.1. The molecule has 3 aromatic heterocycles. The van der Waals surface area contributed by atoms with Gasteiger partial charge in [-0.15, -0.1) is 0 Å². The molecule has 0 amide bonds.